The van der Waals surface area contributed by atoms with Crippen LogP contribution < -0.4 is 0 Å². The Hall–Kier alpha value is -0.710. The van der Waals surface area contributed by atoms with E-state index in [1.165, 1.54) is 0 Å². The lowest BCUT2D eigenvalue weighted by atomic mass is 10.2. The maximum atomic E-state index is 6.17. The van der Waals surface area contributed by atoms with Gasteiger partial charge in [0, 0.05) is 11.3 Å². The predicted octanol–water partition coefficient (Wildman–Crippen LogP) is 5.17. The van der Waals surface area contributed by atoms with Gasteiger partial charge < -0.3 is 4.98 Å². The van der Waals surface area contributed by atoms with E-state index in [9.17, 15) is 0 Å². The van der Waals surface area contributed by atoms with E-state index in [4.69, 9.17) is 23.8 Å². The van der Waals surface area contributed by atoms with E-state index < -0.39 is 0 Å². The quantitative estimate of drug-likeness (QED) is 0.778. The first-order valence-electron chi connectivity index (χ1n) is 5.67. The Morgan fingerprint density at radius 2 is 2.11 bits per heavy atom. The Kier molecular flexibility index (Phi) is 4.54. The molecule has 0 amide bonds. The monoisotopic (exact) mass is 342 g/mol. The van der Waals surface area contributed by atoms with Gasteiger partial charge in [0.05, 0.1) is 9.50 Å². The standard InChI is InChI=1S/C13H12BrClN2S/c1-2-5-10-11(14)13(18)17-12(16-10)8-6-3-4-7-9(8)15/h3-4,6-7H,2,5H2,1H3,(H,16,17,18). The zero-order chi connectivity index (χ0) is 13.1. The number of benzene rings is 1. The van der Waals surface area contributed by atoms with Crippen molar-refractivity contribution in [1.82, 2.24) is 9.97 Å². The van der Waals surface area contributed by atoms with Gasteiger partial charge in [0.2, 0.25) is 0 Å². The van der Waals surface area contributed by atoms with Crippen LogP contribution in [0.25, 0.3) is 11.4 Å². The molecular weight excluding hydrogens is 332 g/mol. The lowest BCUT2D eigenvalue weighted by Crippen LogP contribution is -1.98. The molecule has 18 heavy (non-hydrogen) atoms. The van der Waals surface area contributed by atoms with Crippen LogP contribution >= 0.6 is 39.7 Å². The number of aromatic amines is 1. The highest BCUT2D eigenvalue weighted by atomic mass is 79.9. The van der Waals surface area contributed by atoms with Crippen LogP contribution in [0.5, 0.6) is 0 Å². The molecule has 1 heterocycles. The average molecular weight is 344 g/mol. The van der Waals surface area contributed by atoms with Gasteiger partial charge in [-0.25, -0.2) is 4.98 Å². The van der Waals surface area contributed by atoms with E-state index in [0.29, 0.717) is 9.66 Å². The summed E-state index contributed by atoms with van der Waals surface area (Å²) in [6, 6.07) is 7.60. The number of rotatable bonds is 3. The van der Waals surface area contributed by atoms with Crippen molar-refractivity contribution in [3.8, 4) is 11.4 Å². The van der Waals surface area contributed by atoms with Gasteiger partial charge in [-0.05, 0) is 34.5 Å². The Balaban J connectivity index is 2.59. The molecule has 0 unspecified atom stereocenters. The topological polar surface area (TPSA) is 28.7 Å². The second-order valence-electron chi connectivity index (χ2n) is 3.91. The first kappa shape index (κ1) is 13.7. The maximum Gasteiger partial charge on any atom is 0.144 e. The second-order valence-corrected chi connectivity index (χ2v) is 5.50. The summed E-state index contributed by atoms with van der Waals surface area (Å²) in [5.74, 6) is 0.720. The van der Waals surface area contributed by atoms with Crippen molar-refractivity contribution in [3.05, 3.63) is 44.1 Å². The normalized spacial score (nSPS) is 10.6. The van der Waals surface area contributed by atoms with Crippen LogP contribution in [0, 0.1) is 4.64 Å². The van der Waals surface area contributed by atoms with Crippen molar-refractivity contribution < 1.29 is 0 Å². The zero-order valence-corrected chi connectivity index (χ0v) is 13.0. The summed E-state index contributed by atoms with van der Waals surface area (Å²) in [4.78, 5) is 7.68. The zero-order valence-electron chi connectivity index (χ0n) is 9.84. The molecule has 0 atom stereocenters. The third-order valence-corrected chi connectivity index (χ3v) is 4.31. The predicted molar refractivity (Wildman–Crippen MR) is 81.6 cm³/mol. The highest BCUT2D eigenvalue weighted by Gasteiger charge is 2.09. The minimum atomic E-state index is 0.562. The molecular formula is C13H12BrClN2S. The summed E-state index contributed by atoms with van der Waals surface area (Å²) in [7, 11) is 0. The average Bonchev–Trinajstić information content (AvgIpc) is 2.35. The van der Waals surface area contributed by atoms with Crippen LogP contribution in [0.2, 0.25) is 5.02 Å². The molecule has 1 N–H and O–H groups in total. The third-order valence-electron chi connectivity index (χ3n) is 2.56. The minimum Gasteiger partial charge on any atom is -0.342 e. The molecule has 0 radical (unpaired) electrons. The van der Waals surface area contributed by atoms with Crippen LogP contribution in [-0.2, 0) is 6.42 Å². The molecule has 0 aliphatic heterocycles. The van der Waals surface area contributed by atoms with Crippen LogP contribution in [-0.4, -0.2) is 9.97 Å². The van der Waals surface area contributed by atoms with Crippen molar-refractivity contribution in [2.75, 3.05) is 0 Å². The summed E-state index contributed by atoms with van der Waals surface area (Å²) < 4.78 is 1.43. The fourth-order valence-corrected chi connectivity index (χ4v) is 2.53. The molecule has 94 valence electrons. The molecule has 0 aliphatic rings. The van der Waals surface area contributed by atoms with Crippen LogP contribution in [0.3, 0.4) is 0 Å². The molecule has 0 bridgehead atoms. The smallest absolute Gasteiger partial charge is 0.144 e. The summed E-state index contributed by atoms with van der Waals surface area (Å²) in [6.45, 7) is 2.12. The van der Waals surface area contributed by atoms with E-state index in [1.54, 1.807) is 0 Å². The molecule has 1 aromatic carbocycles. The van der Waals surface area contributed by atoms with Crippen molar-refractivity contribution in [3.63, 3.8) is 0 Å². The summed E-state index contributed by atoms with van der Waals surface area (Å²) in [5, 5.41) is 0.667. The number of hydrogen-bond donors (Lipinski definition) is 1. The summed E-state index contributed by atoms with van der Waals surface area (Å²) in [6.07, 6.45) is 1.96. The number of nitrogens with zero attached hydrogens (tertiary/aromatic N) is 1. The first-order chi connectivity index (χ1) is 8.63. The van der Waals surface area contributed by atoms with Crippen molar-refractivity contribution >= 4 is 39.7 Å². The van der Waals surface area contributed by atoms with E-state index in [1.807, 2.05) is 24.3 Å². The lowest BCUT2D eigenvalue weighted by molar-refractivity contribution is 0.865. The fraction of sp³-hybridized carbons (Fsp3) is 0.231. The Morgan fingerprint density at radius 1 is 1.39 bits per heavy atom. The molecule has 0 aliphatic carbocycles. The van der Waals surface area contributed by atoms with Gasteiger partial charge in [-0.1, -0.05) is 49.3 Å². The number of H-pyrrole nitrogens is 1. The van der Waals surface area contributed by atoms with E-state index in [0.717, 1.165) is 34.4 Å². The van der Waals surface area contributed by atoms with Gasteiger partial charge in [0.1, 0.15) is 10.5 Å². The van der Waals surface area contributed by atoms with Crippen molar-refractivity contribution in [2.24, 2.45) is 0 Å². The van der Waals surface area contributed by atoms with Gasteiger partial charge in [-0.2, -0.15) is 0 Å². The third kappa shape index (κ3) is 2.82. The van der Waals surface area contributed by atoms with E-state index in [-0.39, 0.29) is 0 Å². The van der Waals surface area contributed by atoms with Crippen LogP contribution in [0.15, 0.2) is 28.7 Å². The van der Waals surface area contributed by atoms with Crippen LogP contribution in [0.1, 0.15) is 19.0 Å². The Morgan fingerprint density at radius 3 is 2.78 bits per heavy atom. The van der Waals surface area contributed by atoms with E-state index >= 15 is 0 Å². The SMILES string of the molecule is CCCc1[nH]c(-c2ccccc2Cl)nc(=S)c1Br. The number of nitrogens with one attached hydrogen (secondary N) is 1. The molecule has 2 aromatic rings. The molecule has 5 heteroatoms. The van der Waals surface area contributed by atoms with Gasteiger partial charge in [-0.3, -0.25) is 0 Å². The summed E-state index contributed by atoms with van der Waals surface area (Å²) >= 11 is 14.9. The Bertz CT molecular complexity index is 625. The largest absolute Gasteiger partial charge is 0.342 e. The molecule has 0 saturated heterocycles. The lowest BCUT2D eigenvalue weighted by Gasteiger charge is -2.08. The van der Waals surface area contributed by atoms with Gasteiger partial charge in [0.25, 0.3) is 0 Å². The molecule has 2 rings (SSSR count). The Labute approximate surface area is 125 Å². The number of aryl methyl sites for hydroxylation is 1. The summed E-state index contributed by atoms with van der Waals surface area (Å²) in [5.41, 5.74) is 1.93. The second kappa shape index (κ2) is 5.95. The van der Waals surface area contributed by atoms with Gasteiger partial charge in [-0.15, -0.1) is 0 Å². The van der Waals surface area contributed by atoms with E-state index in [2.05, 4.69) is 32.8 Å². The molecule has 2 nitrogen and oxygen atoms in total. The molecule has 0 spiro atoms. The number of halogens is 2. The van der Waals surface area contributed by atoms with Crippen molar-refractivity contribution in [1.29, 1.82) is 0 Å². The number of hydrogen-bond acceptors (Lipinski definition) is 2. The molecule has 0 fully saturated rings. The van der Waals surface area contributed by atoms with Gasteiger partial charge in [0.15, 0.2) is 0 Å². The molecule has 0 saturated carbocycles. The number of aromatic nitrogens is 2. The highest BCUT2D eigenvalue weighted by molar-refractivity contribution is 9.10. The minimum absolute atomic E-state index is 0.562. The fourth-order valence-electron chi connectivity index (χ4n) is 1.71. The molecule has 1 aromatic heterocycles. The first-order valence-corrected chi connectivity index (χ1v) is 7.25. The van der Waals surface area contributed by atoms with Crippen molar-refractivity contribution in [2.45, 2.75) is 19.8 Å². The van der Waals surface area contributed by atoms with Crippen LogP contribution in [0.4, 0.5) is 0 Å². The van der Waals surface area contributed by atoms with Gasteiger partial charge >= 0.3 is 0 Å². The highest BCUT2D eigenvalue weighted by Crippen LogP contribution is 2.27. The maximum absolute atomic E-state index is 6.17.